The highest BCUT2D eigenvalue weighted by molar-refractivity contribution is 5.86. The zero-order chi connectivity index (χ0) is 16.8. The van der Waals surface area contributed by atoms with Gasteiger partial charge < -0.3 is 5.32 Å². The molecule has 2 heterocycles. The fraction of sp³-hybridized carbons (Fsp3) is 0.526. The van der Waals surface area contributed by atoms with Gasteiger partial charge in [0.15, 0.2) is 11.6 Å². The van der Waals surface area contributed by atoms with E-state index in [9.17, 15) is 8.78 Å². The molecule has 1 aromatic carbocycles. The number of fused-ring (bicyclic) bond motifs is 1. The fourth-order valence-electron chi connectivity index (χ4n) is 4.59. The van der Waals surface area contributed by atoms with Gasteiger partial charge >= 0.3 is 0 Å². The second-order valence-corrected chi connectivity index (χ2v) is 7.42. The van der Waals surface area contributed by atoms with Gasteiger partial charge in [0.2, 0.25) is 0 Å². The van der Waals surface area contributed by atoms with Crippen LogP contribution in [0.25, 0.3) is 11.1 Å². The summed E-state index contributed by atoms with van der Waals surface area (Å²) in [6.07, 6.45) is 4.63. The van der Waals surface area contributed by atoms with Crippen LogP contribution in [0.5, 0.6) is 0 Å². The van der Waals surface area contributed by atoms with E-state index < -0.39 is 11.6 Å². The summed E-state index contributed by atoms with van der Waals surface area (Å²) >= 11 is 0. The highest BCUT2D eigenvalue weighted by Crippen LogP contribution is 2.40. The lowest BCUT2D eigenvalue weighted by molar-refractivity contribution is 0.459. The van der Waals surface area contributed by atoms with E-state index >= 15 is 0 Å². The van der Waals surface area contributed by atoms with Gasteiger partial charge in [-0.05, 0) is 62.6 Å². The van der Waals surface area contributed by atoms with Crippen molar-refractivity contribution in [2.45, 2.75) is 26.2 Å². The van der Waals surface area contributed by atoms with Crippen molar-refractivity contribution in [3.05, 3.63) is 41.2 Å². The summed E-state index contributed by atoms with van der Waals surface area (Å²) < 4.78 is 30.9. The van der Waals surface area contributed by atoms with Crippen LogP contribution in [-0.2, 0) is 13.5 Å². The first-order valence-electron chi connectivity index (χ1n) is 8.71. The Morgan fingerprint density at radius 1 is 1.04 bits per heavy atom. The van der Waals surface area contributed by atoms with Crippen LogP contribution in [0.3, 0.4) is 0 Å². The van der Waals surface area contributed by atoms with Crippen LogP contribution in [0.4, 0.5) is 8.78 Å². The molecule has 2 fully saturated rings. The maximum Gasteiger partial charge on any atom is 0.167 e. The van der Waals surface area contributed by atoms with E-state index in [2.05, 4.69) is 10.4 Å². The largest absolute Gasteiger partial charge is 0.316 e. The number of nitrogens with one attached hydrogen (secondary N) is 1. The standard InChI is InChI=1S/C19H23F2N3.3ClH/c1-11-17(10-24(2)23-11)16-4-3-13(18(20)19(16)21)5-12-6-14-8-22-9-15(14)7-12;;;/h3-4,10,12,14-15,22H,5-9H2,1-2H3;3*1H/t12?,14-,15+;;;. The molecule has 1 aromatic heterocycles. The third-order valence-electron chi connectivity index (χ3n) is 5.73. The smallest absolute Gasteiger partial charge is 0.167 e. The van der Waals surface area contributed by atoms with Gasteiger partial charge in [-0.3, -0.25) is 4.68 Å². The van der Waals surface area contributed by atoms with Crippen LogP contribution in [0.15, 0.2) is 18.3 Å². The molecule has 1 unspecified atom stereocenters. The van der Waals surface area contributed by atoms with E-state index in [0.717, 1.165) is 37.8 Å². The molecule has 1 saturated carbocycles. The first-order valence-corrected chi connectivity index (χ1v) is 8.71. The molecule has 1 N–H and O–H groups in total. The zero-order valence-corrected chi connectivity index (χ0v) is 17.8. The Labute approximate surface area is 177 Å². The summed E-state index contributed by atoms with van der Waals surface area (Å²) in [4.78, 5) is 0. The van der Waals surface area contributed by atoms with Crippen molar-refractivity contribution in [3.63, 3.8) is 0 Å². The molecule has 0 amide bonds. The molecule has 3 atom stereocenters. The second-order valence-electron chi connectivity index (χ2n) is 7.42. The molecule has 0 bridgehead atoms. The van der Waals surface area contributed by atoms with Crippen LogP contribution >= 0.6 is 37.2 Å². The van der Waals surface area contributed by atoms with Gasteiger partial charge in [0, 0.05) is 24.4 Å². The lowest BCUT2D eigenvalue weighted by atomic mass is 9.94. The number of aryl methyl sites for hydroxylation is 2. The summed E-state index contributed by atoms with van der Waals surface area (Å²) in [7, 11) is 1.78. The van der Waals surface area contributed by atoms with Crippen LogP contribution in [0.2, 0.25) is 0 Å². The molecular formula is C19H26Cl3F2N3. The highest BCUT2D eigenvalue weighted by Gasteiger charge is 2.37. The molecule has 0 radical (unpaired) electrons. The van der Waals surface area contributed by atoms with E-state index in [4.69, 9.17) is 0 Å². The highest BCUT2D eigenvalue weighted by atomic mass is 35.5. The van der Waals surface area contributed by atoms with Gasteiger partial charge in [-0.25, -0.2) is 8.78 Å². The number of halogens is 5. The zero-order valence-electron chi connectivity index (χ0n) is 15.4. The van der Waals surface area contributed by atoms with Crippen LogP contribution in [0.1, 0.15) is 24.1 Å². The Kier molecular flexibility index (Phi) is 8.54. The first-order chi connectivity index (χ1) is 11.5. The predicted octanol–water partition coefficient (Wildman–Crippen LogP) is 4.73. The Bertz CT molecular complexity index is 770. The van der Waals surface area contributed by atoms with Crippen LogP contribution in [0, 0.1) is 36.3 Å². The summed E-state index contributed by atoms with van der Waals surface area (Å²) in [6, 6.07) is 3.46. The molecular weight excluding hydrogens is 415 g/mol. The normalized spacial score (nSPS) is 23.2. The molecule has 3 nitrogen and oxygen atoms in total. The average Bonchev–Trinajstić information content (AvgIpc) is 3.19. The molecule has 2 aromatic rings. The summed E-state index contributed by atoms with van der Waals surface area (Å²) in [5.41, 5.74) is 2.17. The van der Waals surface area contributed by atoms with Gasteiger partial charge in [-0.2, -0.15) is 5.10 Å². The topological polar surface area (TPSA) is 29.9 Å². The monoisotopic (exact) mass is 439 g/mol. The lowest BCUT2D eigenvalue weighted by Gasteiger charge is -2.13. The number of nitrogens with zero attached hydrogens (tertiary/aromatic N) is 2. The third kappa shape index (κ3) is 4.58. The van der Waals surface area contributed by atoms with Crippen molar-refractivity contribution in [3.8, 4) is 11.1 Å². The molecule has 1 saturated heterocycles. The maximum atomic E-state index is 14.6. The molecule has 152 valence electrons. The quantitative estimate of drug-likeness (QED) is 0.748. The minimum Gasteiger partial charge on any atom is -0.316 e. The van der Waals surface area contributed by atoms with Crippen molar-refractivity contribution in [2.75, 3.05) is 13.1 Å². The molecule has 1 aliphatic heterocycles. The van der Waals surface area contributed by atoms with Gasteiger partial charge in [-0.15, -0.1) is 37.2 Å². The van der Waals surface area contributed by atoms with Crippen molar-refractivity contribution in [1.29, 1.82) is 0 Å². The molecule has 4 rings (SSSR count). The van der Waals surface area contributed by atoms with Crippen molar-refractivity contribution >= 4 is 37.2 Å². The van der Waals surface area contributed by atoms with Crippen molar-refractivity contribution in [1.82, 2.24) is 15.1 Å². The Balaban J connectivity index is 0.00000121. The minimum atomic E-state index is -0.747. The average molecular weight is 441 g/mol. The SMILES string of the molecule is Cc1nn(C)cc1-c1ccc(CC2C[C@H]3CNC[C@H]3C2)c(F)c1F.Cl.Cl.Cl. The van der Waals surface area contributed by atoms with E-state index in [0.29, 0.717) is 34.7 Å². The molecule has 27 heavy (non-hydrogen) atoms. The minimum absolute atomic E-state index is 0. The number of aromatic nitrogens is 2. The molecule has 2 aliphatic rings. The van der Waals surface area contributed by atoms with E-state index in [-0.39, 0.29) is 37.2 Å². The van der Waals surface area contributed by atoms with Gasteiger partial charge in [0.25, 0.3) is 0 Å². The van der Waals surface area contributed by atoms with E-state index in [1.54, 1.807) is 30.1 Å². The Hall–Kier alpha value is -0.880. The summed E-state index contributed by atoms with van der Waals surface area (Å²) in [6.45, 7) is 3.97. The predicted molar refractivity (Wildman–Crippen MR) is 111 cm³/mol. The van der Waals surface area contributed by atoms with Gasteiger partial charge in [-0.1, -0.05) is 12.1 Å². The fourth-order valence-corrected chi connectivity index (χ4v) is 4.59. The lowest BCUT2D eigenvalue weighted by Crippen LogP contribution is -2.13. The van der Waals surface area contributed by atoms with Crippen molar-refractivity contribution in [2.24, 2.45) is 24.8 Å². The van der Waals surface area contributed by atoms with Gasteiger partial charge in [0.1, 0.15) is 0 Å². The van der Waals surface area contributed by atoms with Crippen LogP contribution in [-0.4, -0.2) is 22.9 Å². The molecule has 8 heteroatoms. The Morgan fingerprint density at radius 3 is 2.22 bits per heavy atom. The van der Waals surface area contributed by atoms with Crippen molar-refractivity contribution < 1.29 is 8.78 Å². The molecule has 0 spiro atoms. The maximum absolute atomic E-state index is 14.6. The third-order valence-corrected chi connectivity index (χ3v) is 5.73. The first kappa shape index (κ1) is 24.2. The number of rotatable bonds is 3. The summed E-state index contributed by atoms with van der Waals surface area (Å²) in [5.74, 6) is 0.483. The van der Waals surface area contributed by atoms with Gasteiger partial charge in [0.05, 0.1) is 5.69 Å². The number of hydrogen-bond donors (Lipinski definition) is 1. The van der Waals surface area contributed by atoms with E-state index in [1.807, 2.05) is 6.92 Å². The number of hydrogen-bond acceptors (Lipinski definition) is 2. The van der Waals surface area contributed by atoms with E-state index in [1.165, 1.54) is 0 Å². The number of benzene rings is 1. The second kappa shape index (κ2) is 9.55. The molecule has 1 aliphatic carbocycles. The van der Waals surface area contributed by atoms with Crippen LogP contribution < -0.4 is 5.32 Å². The Morgan fingerprint density at radius 2 is 1.67 bits per heavy atom. The summed E-state index contributed by atoms with van der Waals surface area (Å²) in [5, 5.41) is 7.64.